The fourth-order valence-electron chi connectivity index (χ4n) is 10.2. The third-order valence-electron chi connectivity index (χ3n) is 13.4. The molecule has 4 atom stereocenters. The van der Waals surface area contributed by atoms with E-state index in [2.05, 4.69) is 29.3 Å². The summed E-state index contributed by atoms with van der Waals surface area (Å²) in [6, 6.07) is 22.4. The third kappa shape index (κ3) is 17.0. The molecular formula is C54H52F5IK2N6O15. The van der Waals surface area contributed by atoms with Crippen LogP contribution in [0.2, 0.25) is 0 Å². The SMILES string of the molecule is COC(=O)OCI.COC(=O)OCOc1c2n(ncc1=O)[C@@H](C(c1ccc(F)cc1)c1ccc(F)cc1)[C@H]1CCCN1C2=O.O=C1c2c(O)c(=O)cnn2[C@@H](C(c2ccc(F)cc2)c2ccc(F)cc2)[C@H]2CCCN12.O=CO[O-].[2H]CF.[H-].[K+].[K+]. The molecule has 2 aromatic heterocycles. The van der Waals surface area contributed by atoms with Crippen LogP contribution in [0.4, 0.5) is 31.5 Å². The van der Waals surface area contributed by atoms with Gasteiger partial charge in [0.05, 0.1) is 59.3 Å². The van der Waals surface area contributed by atoms with Gasteiger partial charge in [0.15, 0.2) is 17.1 Å². The molecule has 2 fully saturated rings. The van der Waals surface area contributed by atoms with E-state index in [0.717, 1.165) is 54.6 Å². The Balaban J connectivity index is 0.000000357. The Morgan fingerprint density at radius 2 is 1.04 bits per heavy atom. The van der Waals surface area contributed by atoms with E-state index in [0.29, 0.717) is 30.5 Å². The standard InChI is InChI=1S/C26H23F2N3O6.C23H19F2N3O3.C3H5IO3.CH3F.CH2O3.2K.H/c1-35-26(34)37-14-36-24-20(32)13-29-31-22(19-3-2-12-30(19)25(33)23(24)31)21(15-4-8-17(27)9-5-15)16-6-10-18(28)11-7-16;24-15-7-3-13(4-8-15)19(14-5-9-16(25)10-6-14)20-17-2-1-11-27(17)23(31)21-22(30)18(29)12-26-28(20)21;1-6-3(5)7-2-4;1-2;2-1-4-3;;;/h4-11,13,19,21-22H,2-3,12,14H2,1H3;3-10,12,17,19-20,30H,1-2,11H2;2H2,1H3;1H3;1,3H;;;/q;;;;;2*+1;-1/p-1/t19-,22-;17-,20-;;;;;;/m11....../s1/i;;;1D;;;;. The number of hydrogen-bond acceptors (Lipinski definition) is 17. The first-order chi connectivity index (χ1) is 39.5. The summed E-state index contributed by atoms with van der Waals surface area (Å²) in [7, 11) is 1.40. The predicted octanol–water partition coefficient (Wildman–Crippen LogP) is 1.15. The zero-order valence-electron chi connectivity index (χ0n) is 46.9. The Labute approximate surface area is 572 Å². The molecule has 0 unspecified atom stereocenters. The zero-order chi connectivity index (χ0) is 59.6. The molecule has 0 saturated carbocycles. The molecule has 2 saturated heterocycles. The molecule has 6 heterocycles. The van der Waals surface area contributed by atoms with Crippen molar-refractivity contribution < 1.29 is 190 Å². The fraction of sp³-hybridized carbons (Fsp3) is 0.315. The van der Waals surface area contributed by atoms with Crippen molar-refractivity contribution >= 4 is 53.2 Å². The minimum Gasteiger partial charge on any atom is -1.00 e. The van der Waals surface area contributed by atoms with Crippen LogP contribution in [-0.4, -0.2) is 123 Å². The summed E-state index contributed by atoms with van der Waals surface area (Å²) in [6.07, 6.45) is 3.27. The van der Waals surface area contributed by atoms with Gasteiger partial charge in [-0.1, -0.05) is 48.5 Å². The van der Waals surface area contributed by atoms with Crippen molar-refractivity contribution in [3.8, 4) is 11.5 Å². The number of aromatic nitrogens is 4. The molecule has 0 aliphatic carbocycles. The Kier molecular flexibility index (Phi) is 28.2. The van der Waals surface area contributed by atoms with Crippen LogP contribution in [0.3, 0.4) is 0 Å². The van der Waals surface area contributed by atoms with Crippen molar-refractivity contribution in [1.82, 2.24) is 29.4 Å². The van der Waals surface area contributed by atoms with Crippen molar-refractivity contribution in [1.29, 1.82) is 0 Å². The Morgan fingerprint density at radius 1 is 0.687 bits per heavy atom. The largest absolute Gasteiger partial charge is 1.00 e. The van der Waals surface area contributed by atoms with Gasteiger partial charge in [0.2, 0.25) is 23.4 Å². The summed E-state index contributed by atoms with van der Waals surface area (Å²) >= 11 is 1.90. The summed E-state index contributed by atoms with van der Waals surface area (Å²) in [5, 5.41) is 27.4. The number of methoxy groups -OCH3 is 2. The van der Waals surface area contributed by atoms with Crippen LogP contribution in [0.25, 0.3) is 0 Å². The topological polar surface area (TPSA) is 260 Å². The number of rotatable bonds is 11. The second-order valence-electron chi connectivity index (χ2n) is 17.6. The molecule has 4 aliphatic rings. The van der Waals surface area contributed by atoms with Crippen molar-refractivity contribution in [2.24, 2.45) is 0 Å². The predicted molar refractivity (Wildman–Crippen MR) is 281 cm³/mol. The van der Waals surface area contributed by atoms with Gasteiger partial charge in [0, 0.05) is 24.9 Å². The Bertz CT molecular complexity index is 3210. The summed E-state index contributed by atoms with van der Waals surface area (Å²) in [6.45, 7) is 0.127. The van der Waals surface area contributed by atoms with Gasteiger partial charge in [-0.3, -0.25) is 37.7 Å². The molecule has 432 valence electrons. The van der Waals surface area contributed by atoms with Crippen molar-refractivity contribution in [3.05, 3.63) is 187 Å². The number of aromatic hydroxyl groups is 1. The number of ether oxygens (including phenoxy) is 5. The number of nitrogens with zero attached hydrogens (tertiary/aromatic N) is 6. The van der Waals surface area contributed by atoms with Crippen LogP contribution in [0.15, 0.2) is 119 Å². The quantitative estimate of drug-likeness (QED) is 0.0220. The van der Waals surface area contributed by atoms with Crippen LogP contribution in [-0.2, 0) is 28.6 Å². The minimum atomic E-state index is -1.01. The Morgan fingerprint density at radius 3 is 1.39 bits per heavy atom. The number of benzene rings is 4. The maximum absolute atomic E-state index is 13.8. The molecular weight excluding hydrogens is 1270 g/mol. The summed E-state index contributed by atoms with van der Waals surface area (Å²) in [5.41, 5.74) is 1.34. The molecule has 0 radical (unpaired) electrons. The van der Waals surface area contributed by atoms with E-state index in [1.54, 1.807) is 58.3 Å². The minimum absolute atomic E-state index is 0. The maximum atomic E-state index is 13.8. The van der Waals surface area contributed by atoms with Crippen LogP contribution >= 0.6 is 22.6 Å². The number of halogens is 6. The first kappa shape index (κ1) is 68.6. The van der Waals surface area contributed by atoms with E-state index in [1.807, 2.05) is 22.6 Å². The van der Waals surface area contributed by atoms with E-state index < -0.39 is 90.2 Å². The van der Waals surface area contributed by atoms with E-state index in [1.165, 1.54) is 65.0 Å². The summed E-state index contributed by atoms with van der Waals surface area (Å²) in [5.74, 6) is -4.31. The molecule has 1 N–H and O–H groups in total. The number of amides is 2. The normalized spacial score (nSPS) is 16.8. The van der Waals surface area contributed by atoms with Gasteiger partial charge >= 0.3 is 115 Å². The molecule has 6 aromatic rings. The first-order valence-corrected chi connectivity index (χ1v) is 25.7. The van der Waals surface area contributed by atoms with Crippen molar-refractivity contribution in [2.75, 3.05) is 45.9 Å². The van der Waals surface area contributed by atoms with Crippen molar-refractivity contribution in [3.63, 3.8) is 0 Å². The molecule has 4 aliphatic heterocycles. The van der Waals surface area contributed by atoms with Gasteiger partial charge in [-0.15, -0.1) is 0 Å². The average molecular weight is 1330 g/mol. The molecule has 4 aromatic carbocycles. The van der Waals surface area contributed by atoms with Gasteiger partial charge < -0.3 is 50.2 Å². The monoisotopic (exact) mass is 1330 g/mol. The number of carbonyl (C=O) groups excluding carboxylic acids is 5. The third-order valence-corrected chi connectivity index (χ3v) is 13.7. The summed E-state index contributed by atoms with van der Waals surface area (Å²) in [4.78, 5) is 87.3. The number of carbonyl (C=O) groups is 5. The maximum Gasteiger partial charge on any atom is 1.00 e. The molecule has 10 rings (SSSR count). The van der Waals surface area contributed by atoms with Crippen molar-refractivity contribution in [2.45, 2.75) is 61.7 Å². The average Bonchev–Trinajstić information content (AvgIpc) is 4.31. The summed E-state index contributed by atoms with van der Waals surface area (Å²) < 4.78 is 96.8. The fourth-order valence-corrected chi connectivity index (χ4v) is 10.4. The van der Waals surface area contributed by atoms with Gasteiger partial charge in [0.25, 0.3) is 18.3 Å². The van der Waals surface area contributed by atoms with Gasteiger partial charge in [-0.2, -0.15) is 10.2 Å². The van der Waals surface area contributed by atoms with Crippen LogP contribution < -0.4 is 124 Å². The molecule has 0 bridgehead atoms. The molecule has 0 spiro atoms. The zero-order valence-corrected chi connectivity index (χ0v) is 53.3. The number of fused-ring (bicyclic) bond motifs is 4. The number of alkyl halides is 2. The number of hydrogen-bond donors (Lipinski definition) is 1. The van der Waals surface area contributed by atoms with Gasteiger partial charge in [-0.05, 0) is 119 Å². The molecule has 2 amide bonds. The van der Waals surface area contributed by atoms with Crippen LogP contribution in [0, 0.1) is 23.3 Å². The van der Waals surface area contributed by atoms with Gasteiger partial charge in [-0.25, -0.2) is 27.2 Å². The van der Waals surface area contributed by atoms with Crippen LogP contribution in [0.1, 0.15) is 95.6 Å². The van der Waals surface area contributed by atoms with E-state index in [4.69, 9.17) is 20.9 Å². The first-order valence-electron chi connectivity index (χ1n) is 24.9. The second kappa shape index (κ2) is 34.1. The van der Waals surface area contributed by atoms with E-state index in [-0.39, 0.29) is 152 Å². The van der Waals surface area contributed by atoms with Gasteiger partial charge in [0.1, 0.15) is 27.9 Å². The second-order valence-corrected chi connectivity index (χ2v) is 18.2. The van der Waals surface area contributed by atoms with E-state index >= 15 is 0 Å². The molecule has 83 heavy (non-hydrogen) atoms. The molecule has 21 nitrogen and oxygen atoms in total. The Hall–Kier alpha value is -5.20. The molecule has 29 heteroatoms. The smallest absolute Gasteiger partial charge is 1.00 e. The van der Waals surface area contributed by atoms with Crippen LogP contribution in [0.5, 0.6) is 11.5 Å². The van der Waals surface area contributed by atoms with E-state index in [9.17, 15) is 55.8 Å².